The number of alkyl halides is 1. The molecule has 1 aromatic carbocycles. The average Bonchev–Trinajstić information content (AvgIpc) is 2.38. The summed E-state index contributed by atoms with van der Waals surface area (Å²) in [6.07, 6.45) is 1.39. The summed E-state index contributed by atoms with van der Waals surface area (Å²) >= 11 is 0. The molecule has 1 aliphatic heterocycles. The fraction of sp³-hybridized carbons (Fsp3) is 0.647. The van der Waals surface area contributed by atoms with Crippen LogP contribution in [0.3, 0.4) is 0 Å². The Morgan fingerprint density at radius 2 is 2.05 bits per heavy atom. The lowest BCUT2D eigenvalue weighted by Crippen LogP contribution is -2.43. The third kappa shape index (κ3) is 3.79. The lowest BCUT2D eigenvalue weighted by Gasteiger charge is -2.36. The molecule has 0 saturated carbocycles. The maximum absolute atomic E-state index is 14.2. The van der Waals surface area contributed by atoms with Gasteiger partial charge in [-0.15, -0.1) is 0 Å². The third-order valence-corrected chi connectivity index (χ3v) is 4.34. The number of hydrogen-bond acceptors (Lipinski definition) is 1. The number of hydrogen-bond donors (Lipinski definition) is 0. The van der Waals surface area contributed by atoms with E-state index in [0.717, 1.165) is 25.9 Å². The van der Waals surface area contributed by atoms with Gasteiger partial charge in [-0.25, -0.2) is 4.39 Å². The van der Waals surface area contributed by atoms with E-state index in [1.807, 2.05) is 0 Å². The quantitative estimate of drug-likeness (QED) is 0.791. The molecule has 0 aromatic heterocycles. The van der Waals surface area contributed by atoms with Gasteiger partial charge < -0.3 is 0 Å². The van der Waals surface area contributed by atoms with E-state index < -0.39 is 6.17 Å². The predicted octanol–water partition coefficient (Wildman–Crippen LogP) is 4.07. The van der Waals surface area contributed by atoms with Crippen LogP contribution in [0.1, 0.15) is 38.3 Å². The Kier molecular flexibility index (Phi) is 4.98. The van der Waals surface area contributed by atoms with Crippen LogP contribution in [0.4, 0.5) is 4.39 Å². The van der Waals surface area contributed by atoms with Gasteiger partial charge in [0.25, 0.3) is 0 Å². The summed E-state index contributed by atoms with van der Waals surface area (Å²) < 4.78 is 14.2. The van der Waals surface area contributed by atoms with Gasteiger partial charge in [-0.05, 0) is 42.3 Å². The molecular weight excluding hydrogens is 237 g/mol. The maximum Gasteiger partial charge on any atom is 0.116 e. The van der Waals surface area contributed by atoms with Crippen molar-refractivity contribution in [3.8, 4) is 0 Å². The molecule has 19 heavy (non-hydrogen) atoms. The standard InChI is InChI=1S/C17H26FN/c1-4-14-6-5-7-15(10-14)11-19-9-8-16(13(2)3)17(18)12-19/h5-7,10,13,16-17H,4,8-9,11-12H2,1-3H3. The van der Waals surface area contributed by atoms with Crippen LogP contribution in [0.2, 0.25) is 0 Å². The average molecular weight is 263 g/mol. The second-order valence-corrected chi connectivity index (χ2v) is 6.12. The summed E-state index contributed by atoms with van der Waals surface area (Å²) in [5, 5.41) is 0. The molecule has 1 saturated heterocycles. The van der Waals surface area contributed by atoms with E-state index in [9.17, 15) is 4.39 Å². The first kappa shape index (κ1) is 14.5. The first-order valence-electron chi connectivity index (χ1n) is 7.54. The van der Waals surface area contributed by atoms with Crippen LogP contribution in [-0.4, -0.2) is 24.2 Å². The Balaban J connectivity index is 1.94. The second kappa shape index (κ2) is 6.51. The van der Waals surface area contributed by atoms with Gasteiger partial charge in [0.15, 0.2) is 0 Å². The summed E-state index contributed by atoms with van der Waals surface area (Å²) in [5.74, 6) is 0.707. The minimum absolute atomic E-state index is 0.248. The summed E-state index contributed by atoms with van der Waals surface area (Å²) in [7, 11) is 0. The zero-order valence-electron chi connectivity index (χ0n) is 12.4. The van der Waals surface area contributed by atoms with Gasteiger partial charge in [-0.1, -0.05) is 45.0 Å². The Morgan fingerprint density at radius 1 is 1.32 bits per heavy atom. The molecule has 1 aliphatic rings. The van der Waals surface area contributed by atoms with E-state index in [2.05, 4.69) is 49.9 Å². The van der Waals surface area contributed by atoms with E-state index in [-0.39, 0.29) is 5.92 Å². The maximum atomic E-state index is 14.2. The molecule has 0 aliphatic carbocycles. The fourth-order valence-electron chi connectivity index (χ4n) is 3.09. The molecule has 1 aromatic rings. The molecule has 1 heterocycles. The van der Waals surface area contributed by atoms with Gasteiger partial charge in [-0.3, -0.25) is 4.90 Å². The van der Waals surface area contributed by atoms with E-state index in [4.69, 9.17) is 0 Å². The molecule has 2 rings (SSSR count). The van der Waals surface area contributed by atoms with Crippen LogP contribution >= 0.6 is 0 Å². The first-order valence-corrected chi connectivity index (χ1v) is 7.54. The van der Waals surface area contributed by atoms with Crippen molar-refractivity contribution in [2.75, 3.05) is 13.1 Å². The summed E-state index contributed by atoms with van der Waals surface area (Å²) in [6, 6.07) is 8.68. The number of aryl methyl sites for hydroxylation is 1. The lowest BCUT2D eigenvalue weighted by molar-refractivity contribution is 0.0574. The normalized spacial score (nSPS) is 24.9. The van der Waals surface area contributed by atoms with Gasteiger partial charge in [0, 0.05) is 13.1 Å². The van der Waals surface area contributed by atoms with Crippen molar-refractivity contribution >= 4 is 0 Å². The topological polar surface area (TPSA) is 3.24 Å². The van der Waals surface area contributed by atoms with Crippen molar-refractivity contribution in [1.82, 2.24) is 4.90 Å². The molecular formula is C17H26FN. The number of halogens is 1. The molecule has 0 N–H and O–H groups in total. The number of benzene rings is 1. The smallest absolute Gasteiger partial charge is 0.116 e. The Bertz CT molecular complexity index is 402. The summed E-state index contributed by atoms with van der Waals surface area (Å²) in [4.78, 5) is 2.26. The largest absolute Gasteiger partial charge is 0.296 e. The number of likely N-dealkylation sites (tertiary alicyclic amines) is 1. The molecule has 2 unspecified atom stereocenters. The Hall–Kier alpha value is -0.890. The second-order valence-electron chi connectivity index (χ2n) is 6.12. The Labute approximate surface area is 116 Å². The number of nitrogens with zero attached hydrogens (tertiary/aromatic N) is 1. The van der Waals surface area contributed by atoms with E-state index in [1.54, 1.807) is 0 Å². The summed E-state index contributed by atoms with van der Waals surface area (Å²) in [5.41, 5.74) is 2.68. The minimum atomic E-state index is -0.664. The van der Waals surface area contributed by atoms with Crippen molar-refractivity contribution in [2.24, 2.45) is 11.8 Å². The van der Waals surface area contributed by atoms with Crippen LogP contribution in [0.15, 0.2) is 24.3 Å². The monoisotopic (exact) mass is 263 g/mol. The van der Waals surface area contributed by atoms with Gasteiger partial charge in [0.05, 0.1) is 0 Å². The molecule has 0 bridgehead atoms. The molecule has 1 nitrogen and oxygen atoms in total. The van der Waals surface area contributed by atoms with Crippen molar-refractivity contribution < 1.29 is 4.39 Å². The van der Waals surface area contributed by atoms with Gasteiger partial charge in [0.2, 0.25) is 0 Å². The van der Waals surface area contributed by atoms with Crippen LogP contribution < -0.4 is 0 Å². The van der Waals surface area contributed by atoms with Crippen LogP contribution in [-0.2, 0) is 13.0 Å². The predicted molar refractivity (Wildman–Crippen MR) is 78.9 cm³/mol. The highest BCUT2D eigenvalue weighted by Crippen LogP contribution is 2.28. The molecule has 1 fully saturated rings. The Morgan fingerprint density at radius 3 is 2.68 bits per heavy atom. The SMILES string of the molecule is CCc1cccc(CN2CCC(C(C)C)C(F)C2)c1. The lowest BCUT2D eigenvalue weighted by atomic mass is 9.85. The first-order chi connectivity index (χ1) is 9.10. The molecule has 0 spiro atoms. The highest BCUT2D eigenvalue weighted by atomic mass is 19.1. The molecule has 106 valence electrons. The number of piperidine rings is 1. The van der Waals surface area contributed by atoms with Crippen molar-refractivity contribution in [2.45, 2.75) is 46.3 Å². The van der Waals surface area contributed by atoms with Crippen molar-refractivity contribution in [1.29, 1.82) is 0 Å². The van der Waals surface area contributed by atoms with E-state index in [0.29, 0.717) is 12.5 Å². The van der Waals surface area contributed by atoms with Crippen molar-refractivity contribution in [3.63, 3.8) is 0 Å². The number of rotatable bonds is 4. The fourth-order valence-corrected chi connectivity index (χ4v) is 3.09. The van der Waals surface area contributed by atoms with Gasteiger partial charge in [-0.2, -0.15) is 0 Å². The van der Waals surface area contributed by atoms with Gasteiger partial charge >= 0.3 is 0 Å². The van der Waals surface area contributed by atoms with Gasteiger partial charge in [0.1, 0.15) is 6.17 Å². The van der Waals surface area contributed by atoms with E-state index >= 15 is 0 Å². The highest BCUT2D eigenvalue weighted by molar-refractivity contribution is 5.23. The third-order valence-electron chi connectivity index (χ3n) is 4.34. The van der Waals surface area contributed by atoms with E-state index in [1.165, 1.54) is 11.1 Å². The summed E-state index contributed by atoms with van der Waals surface area (Å²) in [6.45, 7) is 8.96. The zero-order valence-corrected chi connectivity index (χ0v) is 12.4. The van der Waals surface area contributed by atoms with Crippen LogP contribution in [0, 0.1) is 11.8 Å². The van der Waals surface area contributed by atoms with Crippen LogP contribution in [0.25, 0.3) is 0 Å². The van der Waals surface area contributed by atoms with Crippen LogP contribution in [0.5, 0.6) is 0 Å². The molecule has 0 radical (unpaired) electrons. The highest BCUT2D eigenvalue weighted by Gasteiger charge is 2.30. The van der Waals surface area contributed by atoms with Crippen molar-refractivity contribution in [3.05, 3.63) is 35.4 Å². The minimum Gasteiger partial charge on any atom is -0.296 e. The molecule has 2 atom stereocenters. The zero-order chi connectivity index (χ0) is 13.8. The molecule has 0 amide bonds. The molecule has 2 heteroatoms.